The highest BCUT2D eigenvalue weighted by atomic mass is 32.2. The van der Waals surface area contributed by atoms with E-state index in [0.29, 0.717) is 13.0 Å². The summed E-state index contributed by atoms with van der Waals surface area (Å²) < 4.78 is 26.8. The van der Waals surface area contributed by atoms with Gasteiger partial charge in [-0.25, -0.2) is 8.42 Å². The average Bonchev–Trinajstić information content (AvgIpc) is 2.42. The lowest BCUT2D eigenvalue weighted by molar-refractivity contribution is 0.199. The predicted octanol–water partition coefficient (Wildman–Crippen LogP) is 2.72. The molecule has 0 spiro atoms. The Hall–Kier alpha value is -1.17. The molecule has 0 bridgehead atoms. The molecule has 21 heavy (non-hydrogen) atoms. The molecule has 0 aromatic heterocycles. The minimum absolute atomic E-state index is 0.195. The van der Waals surface area contributed by atoms with Crippen molar-refractivity contribution in [3.05, 3.63) is 41.5 Å². The second-order valence-corrected chi connectivity index (χ2v) is 7.42. The van der Waals surface area contributed by atoms with E-state index in [1.807, 2.05) is 26.8 Å². The first kappa shape index (κ1) is 17.9. The molecule has 5 heteroatoms. The Morgan fingerprint density at radius 3 is 2.33 bits per heavy atom. The van der Waals surface area contributed by atoms with Crippen LogP contribution < -0.4 is 0 Å². The van der Waals surface area contributed by atoms with Crippen LogP contribution in [-0.4, -0.2) is 37.0 Å². The lowest BCUT2D eigenvalue weighted by Crippen LogP contribution is -2.41. The van der Waals surface area contributed by atoms with Gasteiger partial charge >= 0.3 is 0 Å². The number of sulfonamides is 1. The normalized spacial score (nSPS) is 13.2. The first-order valence-electron chi connectivity index (χ1n) is 7.11. The van der Waals surface area contributed by atoms with Crippen molar-refractivity contribution in [3.63, 3.8) is 0 Å². The van der Waals surface area contributed by atoms with Gasteiger partial charge in [-0.1, -0.05) is 29.3 Å². The zero-order valence-electron chi connectivity index (χ0n) is 13.2. The Kier molecular flexibility index (Phi) is 6.58. The van der Waals surface area contributed by atoms with E-state index in [4.69, 9.17) is 0 Å². The number of hydrogen-bond donors (Lipinski definition) is 1. The average molecular weight is 311 g/mol. The number of aliphatic hydroxyl groups excluding tert-OH is 1. The molecule has 0 aliphatic carbocycles. The van der Waals surface area contributed by atoms with Crippen molar-refractivity contribution in [1.29, 1.82) is 0 Å². The van der Waals surface area contributed by atoms with Crippen molar-refractivity contribution in [1.82, 2.24) is 4.31 Å². The second-order valence-electron chi connectivity index (χ2n) is 5.53. The third kappa shape index (κ3) is 4.95. The van der Waals surface area contributed by atoms with E-state index >= 15 is 0 Å². The van der Waals surface area contributed by atoms with Crippen LogP contribution in [0.25, 0.3) is 0 Å². The lowest BCUT2D eigenvalue weighted by atomic mass is 10.2. The molecule has 1 rings (SSSR count). The fourth-order valence-corrected chi connectivity index (χ4v) is 3.63. The van der Waals surface area contributed by atoms with Gasteiger partial charge in [-0.05, 0) is 46.2 Å². The molecular formula is C16H25NO3S. The summed E-state index contributed by atoms with van der Waals surface area (Å²) in [7, 11) is -3.58. The first-order chi connectivity index (χ1) is 9.78. The van der Waals surface area contributed by atoms with Gasteiger partial charge in [-0.2, -0.15) is 4.31 Å². The number of benzene rings is 1. The quantitative estimate of drug-likeness (QED) is 0.788. The fourth-order valence-electron chi connectivity index (χ4n) is 1.99. The molecule has 0 heterocycles. The highest BCUT2D eigenvalue weighted by molar-refractivity contribution is 7.89. The summed E-state index contributed by atoms with van der Waals surface area (Å²) in [4.78, 5) is 0.269. The molecule has 118 valence electrons. The van der Waals surface area contributed by atoms with Crippen LogP contribution in [0.2, 0.25) is 0 Å². The van der Waals surface area contributed by atoms with E-state index < -0.39 is 16.1 Å². The fraction of sp³-hybridized carbons (Fsp3) is 0.500. The van der Waals surface area contributed by atoms with Crippen LogP contribution >= 0.6 is 0 Å². The van der Waals surface area contributed by atoms with Gasteiger partial charge in [0.25, 0.3) is 0 Å². The van der Waals surface area contributed by atoms with Gasteiger partial charge in [-0.15, -0.1) is 0 Å². The second kappa shape index (κ2) is 7.73. The van der Waals surface area contributed by atoms with Crippen molar-refractivity contribution in [3.8, 4) is 0 Å². The van der Waals surface area contributed by atoms with Crippen molar-refractivity contribution in [2.24, 2.45) is 0 Å². The van der Waals surface area contributed by atoms with Gasteiger partial charge in [0.1, 0.15) is 0 Å². The van der Waals surface area contributed by atoms with Crippen LogP contribution in [0.15, 0.2) is 40.8 Å². The Bertz CT molecular complexity index is 572. The topological polar surface area (TPSA) is 57.6 Å². The van der Waals surface area contributed by atoms with Crippen molar-refractivity contribution < 1.29 is 13.5 Å². The molecule has 1 aromatic rings. The van der Waals surface area contributed by atoms with Gasteiger partial charge in [0.15, 0.2) is 0 Å². The van der Waals surface area contributed by atoms with Crippen LogP contribution in [0.1, 0.15) is 32.8 Å². The molecule has 0 aliphatic rings. The maximum atomic E-state index is 12.7. The standard InChI is InChI=1S/C16H25NO3S/c1-13(2)6-5-11-17(15(4)12-18)21(19,20)16-9-7-14(3)8-10-16/h6-10,15,18H,5,11-12H2,1-4H3/t15-/m0/s1. The van der Waals surface area contributed by atoms with E-state index in [0.717, 1.165) is 11.1 Å². The summed E-state index contributed by atoms with van der Waals surface area (Å²) in [5, 5.41) is 9.35. The summed E-state index contributed by atoms with van der Waals surface area (Å²) in [6.45, 7) is 7.76. The molecule has 1 aromatic carbocycles. The van der Waals surface area contributed by atoms with Gasteiger partial charge in [0.05, 0.1) is 11.5 Å². The van der Waals surface area contributed by atoms with Gasteiger partial charge in [0, 0.05) is 12.6 Å². The van der Waals surface area contributed by atoms with Crippen molar-refractivity contribution in [2.75, 3.05) is 13.2 Å². The first-order valence-corrected chi connectivity index (χ1v) is 8.55. The van der Waals surface area contributed by atoms with E-state index in [1.165, 1.54) is 4.31 Å². The number of nitrogens with zero attached hydrogens (tertiary/aromatic N) is 1. The SMILES string of the molecule is CC(C)=CCCN([C@@H](C)CO)S(=O)(=O)c1ccc(C)cc1. The zero-order valence-corrected chi connectivity index (χ0v) is 14.0. The third-order valence-electron chi connectivity index (χ3n) is 3.29. The smallest absolute Gasteiger partial charge is 0.243 e. The summed E-state index contributed by atoms with van der Waals surface area (Å²) in [6, 6.07) is 6.35. The molecule has 0 saturated heterocycles. The van der Waals surface area contributed by atoms with Crippen LogP contribution in [0.3, 0.4) is 0 Å². The van der Waals surface area contributed by atoms with Crippen LogP contribution in [-0.2, 0) is 10.0 Å². The number of aryl methyl sites for hydroxylation is 1. The molecule has 0 unspecified atom stereocenters. The molecular weight excluding hydrogens is 286 g/mol. The predicted molar refractivity (Wildman–Crippen MR) is 85.7 cm³/mol. The summed E-state index contributed by atoms with van der Waals surface area (Å²) >= 11 is 0. The number of allylic oxidation sites excluding steroid dienone is 1. The zero-order chi connectivity index (χ0) is 16.0. The summed E-state index contributed by atoms with van der Waals surface area (Å²) in [6.07, 6.45) is 2.64. The molecule has 0 fully saturated rings. The molecule has 0 amide bonds. The van der Waals surface area contributed by atoms with E-state index in [2.05, 4.69) is 0 Å². The van der Waals surface area contributed by atoms with Crippen LogP contribution in [0.4, 0.5) is 0 Å². The third-order valence-corrected chi connectivity index (χ3v) is 5.31. The molecule has 1 N–H and O–H groups in total. The van der Waals surface area contributed by atoms with Crippen LogP contribution in [0.5, 0.6) is 0 Å². The van der Waals surface area contributed by atoms with E-state index in [1.54, 1.807) is 31.2 Å². The highest BCUT2D eigenvalue weighted by Gasteiger charge is 2.27. The minimum Gasteiger partial charge on any atom is -0.395 e. The van der Waals surface area contributed by atoms with Crippen molar-refractivity contribution >= 4 is 10.0 Å². The van der Waals surface area contributed by atoms with Gasteiger partial charge < -0.3 is 5.11 Å². The monoisotopic (exact) mass is 311 g/mol. The Morgan fingerprint density at radius 1 is 1.29 bits per heavy atom. The Balaban J connectivity index is 3.05. The van der Waals surface area contributed by atoms with Gasteiger partial charge in [-0.3, -0.25) is 0 Å². The maximum Gasteiger partial charge on any atom is 0.243 e. The van der Waals surface area contributed by atoms with E-state index in [9.17, 15) is 13.5 Å². The largest absolute Gasteiger partial charge is 0.395 e. The molecule has 4 nitrogen and oxygen atoms in total. The molecule has 0 saturated carbocycles. The van der Waals surface area contributed by atoms with Crippen molar-refractivity contribution in [2.45, 2.75) is 45.1 Å². The summed E-state index contributed by atoms with van der Waals surface area (Å²) in [5.41, 5.74) is 2.17. The maximum absolute atomic E-state index is 12.7. The van der Waals surface area contributed by atoms with E-state index in [-0.39, 0.29) is 11.5 Å². The highest BCUT2D eigenvalue weighted by Crippen LogP contribution is 2.19. The minimum atomic E-state index is -3.58. The number of aliphatic hydroxyl groups is 1. The Labute approximate surface area is 128 Å². The van der Waals surface area contributed by atoms with Gasteiger partial charge in [0.2, 0.25) is 10.0 Å². The number of rotatable bonds is 7. The van der Waals surface area contributed by atoms with Crippen LogP contribution in [0, 0.1) is 6.92 Å². The molecule has 1 atom stereocenters. The molecule has 0 radical (unpaired) electrons. The summed E-state index contributed by atoms with van der Waals surface area (Å²) in [5.74, 6) is 0. The Morgan fingerprint density at radius 2 is 1.86 bits per heavy atom. The number of hydrogen-bond acceptors (Lipinski definition) is 3. The lowest BCUT2D eigenvalue weighted by Gasteiger charge is -2.27. The molecule has 0 aliphatic heterocycles.